The molecular weight excluding hydrogens is 218 g/mol. The fourth-order valence-electron chi connectivity index (χ4n) is 1.51. The van der Waals surface area contributed by atoms with Crippen LogP contribution in [0.5, 0.6) is 11.5 Å². The van der Waals surface area contributed by atoms with Crippen molar-refractivity contribution in [2.24, 2.45) is 0 Å². The second kappa shape index (κ2) is 5.45. The average Bonchev–Trinajstić information content (AvgIpc) is 2.78. The zero-order chi connectivity index (χ0) is 12.1. The lowest BCUT2D eigenvalue weighted by molar-refractivity contribution is 0.276. The van der Waals surface area contributed by atoms with Gasteiger partial charge in [0, 0.05) is 24.5 Å². The largest absolute Gasteiger partial charge is 0.454 e. The third-order valence-electron chi connectivity index (χ3n) is 2.32. The molecule has 90 valence electrons. The number of hydrogen-bond donors (Lipinski definition) is 1. The smallest absolute Gasteiger partial charge is 0.165 e. The number of aliphatic hydroxyl groups is 1. The van der Waals surface area contributed by atoms with Crippen LogP contribution in [0.2, 0.25) is 0 Å². The molecule has 2 aromatic heterocycles. The monoisotopic (exact) mass is 233 g/mol. The number of aryl methyl sites for hydroxylation is 1. The third kappa shape index (κ3) is 2.82. The summed E-state index contributed by atoms with van der Waals surface area (Å²) in [6.45, 7) is 2.87. The molecule has 0 bridgehead atoms. The van der Waals surface area contributed by atoms with Gasteiger partial charge in [-0.3, -0.25) is 9.67 Å². The van der Waals surface area contributed by atoms with E-state index in [0.717, 1.165) is 13.0 Å². The van der Waals surface area contributed by atoms with E-state index in [0.29, 0.717) is 17.1 Å². The van der Waals surface area contributed by atoms with Crippen molar-refractivity contribution in [1.82, 2.24) is 14.8 Å². The first kappa shape index (κ1) is 11.6. The van der Waals surface area contributed by atoms with Crippen LogP contribution >= 0.6 is 0 Å². The van der Waals surface area contributed by atoms with E-state index < -0.39 is 0 Å². The standard InChI is InChI=1S/C12H15N3O2/c1-2-5-15-8-11(7-14-15)17-12-3-4-13-6-10(12)9-16/h3-4,6-8,16H,2,5,9H2,1H3. The summed E-state index contributed by atoms with van der Waals surface area (Å²) in [5.41, 5.74) is 0.663. The second-order valence-electron chi connectivity index (χ2n) is 3.68. The fraction of sp³-hybridized carbons (Fsp3) is 0.333. The second-order valence-corrected chi connectivity index (χ2v) is 3.68. The molecule has 0 amide bonds. The quantitative estimate of drug-likeness (QED) is 0.857. The molecule has 0 aliphatic carbocycles. The zero-order valence-electron chi connectivity index (χ0n) is 9.71. The molecule has 0 atom stereocenters. The van der Waals surface area contributed by atoms with Gasteiger partial charge in [0.05, 0.1) is 19.0 Å². The minimum atomic E-state index is -0.0910. The summed E-state index contributed by atoms with van der Waals surface area (Å²) in [5, 5.41) is 13.3. The Kier molecular flexibility index (Phi) is 3.72. The number of pyridine rings is 1. The molecule has 0 fully saturated rings. The molecule has 2 rings (SSSR count). The molecule has 2 heterocycles. The van der Waals surface area contributed by atoms with Crippen LogP contribution in [-0.4, -0.2) is 19.9 Å². The third-order valence-corrected chi connectivity index (χ3v) is 2.32. The molecule has 5 heteroatoms. The first-order valence-corrected chi connectivity index (χ1v) is 5.57. The van der Waals surface area contributed by atoms with E-state index in [-0.39, 0.29) is 6.61 Å². The Morgan fingerprint density at radius 1 is 1.41 bits per heavy atom. The highest BCUT2D eigenvalue weighted by Gasteiger charge is 2.05. The van der Waals surface area contributed by atoms with Gasteiger partial charge in [-0.25, -0.2) is 0 Å². The Balaban J connectivity index is 2.13. The molecule has 2 aromatic rings. The number of hydrogen-bond acceptors (Lipinski definition) is 4. The Labute approximate surface area is 99.7 Å². The number of aliphatic hydroxyl groups excluding tert-OH is 1. The van der Waals surface area contributed by atoms with Crippen molar-refractivity contribution in [2.45, 2.75) is 26.5 Å². The van der Waals surface area contributed by atoms with Crippen molar-refractivity contribution >= 4 is 0 Å². The van der Waals surface area contributed by atoms with E-state index in [9.17, 15) is 0 Å². The first-order chi connectivity index (χ1) is 8.33. The van der Waals surface area contributed by atoms with Gasteiger partial charge in [-0.05, 0) is 12.5 Å². The van der Waals surface area contributed by atoms with Crippen molar-refractivity contribution in [2.75, 3.05) is 0 Å². The highest BCUT2D eigenvalue weighted by Crippen LogP contribution is 2.23. The van der Waals surface area contributed by atoms with Gasteiger partial charge in [0.25, 0.3) is 0 Å². The van der Waals surface area contributed by atoms with Gasteiger partial charge in [-0.1, -0.05) is 6.92 Å². The molecular formula is C12H15N3O2. The highest BCUT2D eigenvalue weighted by molar-refractivity contribution is 5.33. The molecule has 0 saturated heterocycles. The van der Waals surface area contributed by atoms with Crippen molar-refractivity contribution in [1.29, 1.82) is 0 Å². The Hall–Kier alpha value is -1.88. The number of nitrogens with zero attached hydrogens (tertiary/aromatic N) is 3. The lowest BCUT2D eigenvalue weighted by Gasteiger charge is -2.06. The van der Waals surface area contributed by atoms with E-state index in [1.807, 2.05) is 10.9 Å². The fourth-order valence-corrected chi connectivity index (χ4v) is 1.51. The average molecular weight is 233 g/mol. The van der Waals surface area contributed by atoms with Gasteiger partial charge in [0.2, 0.25) is 0 Å². The van der Waals surface area contributed by atoms with Crippen LogP contribution in [0.15, 0.2) is 30.9 Å². The van der Waals surface area contributed by atoms with Crippen molar-refractivity contribution < 1.29 is 9.84 Å². The summed E-state index contributed by atoms with van der Waals surface area (Å²) < 4.78 is 7.47. The topological polar surface area (TPSA) is 60.2 Å². The van der Waals surface area contributed by atoms with E-state index in [2.05, 4.69) is 17.0 Å². The van der Waals surface area contributed by atoms with Gasteiger partial charge in [0.15, 0.2) is 5.75 Å². The summed E-state index contributed by atoms with van der Waals surface area (Å²) in [6, 6.07) is 1.72. The van der Waals surface area contributed by atoms with Gasteiger partial charge in [-0.2, -0.15) is 5.10 Å². The minimum absolute atomic E-state index is 0.0910. The predicted octanol–water partition coefficient (Wildman–Crippen LogP) is 1.97. The van der Waals surface area contributed by atoms with Crippen LogP contribution in [0.4, 0.5) is 0 Å². The summed E-state index contributed by atoms with van der Waals surface area (Å²) in [6.07, 6.45) is 7.75. The van der Waals surface area contributed by atoms with Crippen LogP contribution in [-0.2, 0) is 13.2 Å². The van der Waals surface area contributed by atoms with Crippen LogP contribution in [0.3, 0.4) is 0 Å². The van der Waals surface area contributed by atoms with E-state index in [1.54, 1.807) is 24.7 Å². The Morgan fingerprint density at radius 3 is 3.06 bits per heavy atom. The minimum Gasteiger partial charge on any atom is -0.454 e. The molecule has 0 aliphatic heterocycles. The van der Waals surface area contributed by atoms with Gasteiger partial charge in [0.1, 0.15) is 5.75 Å². The molecule has 1 N–H and O–H groups in total. The molecule has 0 aliphatic rings. The van der Waals surface area contributed by atoms with E-state index >= 15 is 0 Å². The zero-order valence-corrected chi connectivity index (χ0v) is 9.71. The summed E-state index contributed by atoms with van der Waals surface area (Å²) in [5.74, 6) is 1.28. The SMILES string of the molecule is CCCn1cc(Oc2ccncc2CO)cn1. The van der Waals surface area contributed by atoms with Gasteiger partial charge < -0.3 is 9.84 Å². The molecule has 0 radical (unpaired) electrons. The molecule has 17 heavy (non-hydrogen) atoms. The van der Waals surface area contributed by atoms with Crippen LogP contribution < -0.4 is 4.74 Å². The van der Waals surface area contributed by atoms with Crippen LogP contribution in [0.1, 0.15) is 18.9 Å². The van der Waals surface area contributed by atoms with E-state index in [4.69, 9.17) is 9.84 Å². The lowest BCUT2D eigenvalue weighted by Crippen LogP contribution is -1.95. The van der Waals surface area contributed by atoms with E-state index in [1.165, 1.54) is 0 Å². The number of aromatic nitrogens is 3. The predicted molar refractivity (Wildman–Crippen MR) is 62.8 cm³/mol. The maximum atomic E-state index is 9.15. The van der Waals surface area contributed by atoms with Crippen LogP contribution in [0.25, 0.3) is 0 Å². The molecule has 5 nitrogen and oxygen atoms in total. The maximum Gasteiger partial charge on any atom is 0.165 e. The number of ether oxygens (including phenoxy) is 1. The maximum absolute atomic E-state index is 9.15. The van der Waals surface area contributed by atoms with Crippen molar-refractivity contribution in [3.8, 4) is 11.5 Å². The summed E-state index contributed by atoms with van der Waals surface area (Å²) in [4.78, 5) is 3.93. The molecule has 0 spiro atoms. The molecule has 0 aromatic carbocycles. The highest BCUT2D eigenvalue weighted by atomic mass is 16.5. The molecule has 0 saturated carbocycles. The van der Waals surface area contributed by atoms with Gasteiger partial charge >= 0.3 is 0 Å². The lowest BCUT2D eigenvalue weighted by atomic mass is 10.3. The van der Waals surface area contributed by atoms with Crippen LogP contribution in [0, 0.1) is 0 Å². The first-order valence-electron chi connectivity index (χ1n) is 5.57. The summed E-state index contributed by atoms with van der Waals surface area (Å²) >= 11 is 0. The van der Waals surface area contributed by atoms with Crippen molar-refractivity contribution in [3.63, 3.8) is 0 Å². The number of rotatable bonds is 5. The summed E-state index contributed by atoms with van der Waals surface area (Å²) in [7, 11) is 0. The Bertz CT molecular complexity index is 482. The molecule has 0 unspecified atom stereocenters. The Morgan fingerprint density at radius 2 is 2.29 bits per heavy atom. The normalized spacial score (nSPS) is 10.5. The van der Waals surface area contributed by atoms with Crippen molar-refractivity contribution in [3.05, 3.63) is 36.4 Å². The van der Waals surface area contributed by atoms with Gasteiger partial charge in [-0.15, -0.1) is 0 Å².